The minimum atomic E-state index is 0.0512. The van der Waals surface area contributed by atoms with Gasteiger partial charge in [-0.15, -0.1) is 10.2 Å². The third-order valence-corrected chi connectivity index (χ3v) is 5.64. The van der Waals surface area contributed by atoms with Gasteiger partial charge < -0.3 is 9.67 Å². The van der Waals surface area contributed by atoms with E-state index < -0.39 is 0 Å². The SMILES string of the molecule is OCc1ccc(Sc2nnc(C3CC3)n2C2CC2)cc1Br. The Kier molecular flexibility index (Phi) is 3.55. The smallest absolute Gasteiger partial charge is 0.196 e. The molecule has 4 rings (SSSR count). The van der Waals surface area contributed by atoms with Crippen molar-refractivity contribution < 1.29 is 5.11 Å². The summed E-state index contributed by atoms with van der Waals surface area (Å²) in [6.45, 7) is 0.0512. The Hall–Kier alpha value is -0.850. The first kappa shape index (κ1) is 13.8. The van der Waals surface area contributed by atoms with Crippen LogP contribution in [-0.4, -0.2) is 19.9 Å². The quantitative estimate of drug-likeness (QED) is 0.872. The van der Waals surface area contributed by atoms with E-state index in [2.05, 4.69) is 30.7 Å². The van der Waals surface area contributed by atoms with Crippen LogP contribution in [0, 0.1) is 0 Å². The van der Waals surface area contributed by atoms with Crippen molar-refractivity contribution in [2.24, 2.45) is 0 Å². The van der Waals surface area contributed by atoms with Crippen molar-refractivity contribution in [2.75, 3.05) is 0 Å². The highest BCUT2D eigenvalue weighted by Crippen LogP contribution is 2.46. The summed E-state index contributed by atoms with van der Waals surface area (Å²) in [6.07, 6.45) is 5.01. The lowest BCUT2D eigenvalue weighted by Crippen LogP contribution is -2.01. The fraction of sp³-hybridized carbons (Fsp3) is 0.467. The highest BCUT2D eigenvalue weighted by molar-refractivity contribution is 9.10. The van der Waals surface area contributed by atoms with Gasteiger partial charge >= 0.3 is 0 Å². The van der Waals surface area contributed by atoms with E-state index in [0.29, 0.717) is 12.0 Å². The molecule has 0 saturated heterocycles. The molecule has 1 heterocycles. The number of aliphatic hydroxyl groups is 1. The van der Waals surface area contributed by atoms with E-state index >= 15 is 0 Å². The van der Waals surface area contributed by atoms with Gasteiger partial charge in [0.25, 0.3) is 0 Å². The molecule has 2 saturated carbocycles. The molecular formula is C15H16BrN3OS. The summed E-state index contributed by atoms with van der Waals surface area (Å²) in [5.74, 6) is 1.82. The zero-order valence-electron chi connectivity index (χ0n) is 11.5. The Balaban J connectivity index is 1.63. The number of aliphatic hydroxyl groups excluding tert-OH is 1. The lowest BCUT2D eigenvalue weighted by atomic mass is 10.2. The van der Waals surface area contributed by atoms with Gasteiger partial charge in [-0.2, -0.15) is 0 Å². The van der Waals surface area contributed by atoms with Gasteiger partial charge in [0, 0.05) is 21.3 Å². The number of nitrogens with zero attached hydrogens (tertiary/aromatic N) is 3. The molecule has 21 heavy (non-hydrogen) atoms. The summed E-state index contributed by atoms with van der Waals surface area (Å²) in [5.41, 5.74) is 0.904. The molecule has 6 heteroatoms. The van der Waals surface area contributed by atoms with E-state index in [4.69, 9.17) is 0 Å². The first-order chi connectivity index (χ1) is 10.3. The summed E-state index contributed by atoms with van der Waals surface area (Å²) in [5, 5.41) is 19.1. The maximum atomic E-state index is 9.23. The molecule has 0 spiro atoms. The summed E-state index contributed by atoms with van der Waals surface area (Å²) >= 11 is 5.16. The van der Waals surface area contributed by atoms with E-state index in [-0.39, 0.29) is 6.61 Å². The minimum absolute atomic E-state index is 0.0512. The zero-order chi connectivity index (χ0) is 14.4. The van der Waals surface area contributed by atoms with E-state index in [9.17, 15) is 5.11 Å². The summed E-state index contributed by atoms with van der Waals surface area (Å²) in [6, 6.07) is 6.63. The monoisotopic (exact) mass is 365 g/mol. The Labute approximate surface area is 136 Å². The number of halogens is 1. The lowest BCUT2D eigenvalue weighted by molar-refractivity contribution is 0.281. The zero-order valence-corrected chi connectivity index (χ0v) is 13.9. The van der Waals surface area contributed by atoms with Crippen LogP contribution < -0.4 is 0 Å². The van der Waals surface area contributed by atoms with Gasteiger partial charge in [0.15, 0.2) is 5.16 Å². The van der Waals surface area contributed by atoms with Crippen molar-refractivity contribution in [1.29, 1.82) is 0 Å². The Bertz CT molecular complexity index is 680. The number of aromatic nitrogens is 3. The molecule has 2 aliphatic rings. The topological polar surface area (TPSA) is 50.9 Å². The predicted molar refractivity (Wildman–Crippen MR) is 84.5 cm³/mol. The molecule has 0 bridgehead atoms. The van der Waals surface area contributed by atoms with Gasteiger partial charge in [-0.3, -0.25) is 0 Å². The van der Waals surface area contributed by atoms with Gasteiger partial charge in [0.2, 0.25) is 0 Å². The summed E-state index contributed by atoms with van der Waals surface area (Å²) < 4.78 is 3.30. The van der Waals surface area contributed by atoms with Crippen molar-refractivity contribution in [3.05, 3.63) is 34.1 Å². The van der Waals surface area contributed by atoms with Crippen molar-refractivity contribution in [3.63, 3.8) is 0 Å². The molecule has 2 aromatic rings. The Morgan fingerprint density at radius 1 is 1.24 bits per heavy atom. The molecular weight excluding hydrogens is 350 g/mol. The van der Waals surface area contributed by atoms with Crippen LogP contribution in [0.25, 0.3) is 0 Å². The standard InChI is InChI=1S/C15H16BrN3OS/c16-13-7-12(6-3-10(13)8-20)21-15-18-17-14(9-1-2-9)19(15)11-4-5-11/h3,6-7,9,11,20H,1-2,4-5,8H2. The van der Waals surface area contributed by atoms with E-state index in [0.717, 1.165) is 20.1 Å². The molecule has 1 aromatic carbocycles. The lowest BCUT2D eigenvalue weighted by Gasteiger charge is -2.09. The second kappa shape index (κ2) is 5.41. The molecule has 1 N–H and O–H groups in total. The third-order valence-electron chi connectivity index (χ3n) is 3.95. The molecule has 0 unspecified atom stereocenters. The maximum absolute atomic E-state index is 9.23. The van der Waals surface area contributed by atoms with Crippen LogP contribution in [0.3, 0.4) is 0 Å². The molecule has 0 atom stereocenters. The fourth-order valence-electron chi connectivity index (χ4n) is 2.48. The van der Waals surface area contributed by atoms with Crippen LogP contribution in [0.2, 0.25) is 0 Å². The number of hydrogen-bond acceptors (Lipinski definition) is 4. The van der Waals surface area contributed by atoms with Crippen LogP contribution in [0.15, 0.2) is 32.7 Å². The maximum Gasteiger partial charge on any atom is 0.196 e. The van der Waals surface area contributed by atoms with Crippen molar-refractivity contribution >= 4 is 27.7 Å². The fourth-order valence-corrected chi connectivity index (χ4v) is 4.08. The molecule has 2 fully saturated rings. The number of benzene rings is 1. The van der Waals surface area contributed by atoms with Crippen LogP contribution in [0.1, 0.15) is 49.0 Å². The average molecular weight is 366 g/mol. The van der Waals surface area contributed by atoms with E-state index in [1.807, 2.05) is 18.2 Å². The summed E-state index contributed by atoms with van der Waals surface area (Å²) in [7, 11) is 0. The molecule has 0 amide bonds. The van der Waals surface area contributed by atoms with Crippen molar-refractivity contribution in [3.8, 4) is 0 Å². The first-order valence-corrected chi connectivity index (χ1v) is 8.89. The van der Waals surface area contributed by atoms with Crippen LogP contribution in [-0.2, 0) is 6.61 Å². The minimum Gasteiger partial charge on any atom is -0.392 e. The predicted octanol–water partition coefficient (Wildman–Crippen LogP) is 3.90. The van der Waals surface area contributed by atoms with Crippen molar-refractivity contribution in [1.82, 2.24) is 14.8 Å². The summed E-state index contributed by atoms with van der Waals surface area (Å²) in [4.78, 5) is 1.12. The first-order valence-electron chi connectivity index (χ1n) is 7.28. The van der Waals surface area contributed by atoms with Gasteiger partial charge in [-0.25, -0.2) is 0 Å². The highest BCUT2D eigenvalue weighted by Gasteiger charge is 2.36. The number of rotatable bonds is 5. The molecule has 1 aromatic heterocycles. The van der Waals surface area contributed by atoms with E-state index in [1.165, 1.54) is 31.5 Å². The highest BCUT2D eigenvalue weighted by atomic mass is 79.9. The van der Waals surface area contributed by atoms with Gasteiger partial charge in [-0.05, 0) is 55.1 Å². The van der Waals surface area contributed by atoms with Gasteiger partial charge in [0.1, 0.15) is 5.82 Å². The molecule has 2 aliphatic carbocycles. The molecule has 0 aliphatic heterocycles. The third kappa shape index (κ3) is 2.76. The average Bonchev–Trinajstić information content (AvgIpc) is 3.39. The van der Waals surface area contributed by atoms with Crippen LogP contribution in [0.5, 0.6) is 0 Å². The Morgan fingerprint density at radius 3 is 2.67 bits per heavy atom. The van der Waals surface area contributed by atoms with Gasteiger partial charge in [-0.1, -0.05) is 22.0 Å². The van der Waals surface area contributed by atoms with E-state index in [1.54, 1.807) is 11.8 Å². The van der Waals surface area contributed by atoms with Crippen molar-refractivity contribution in [2.45, 2.75) is 54.3 Å². The van der Waals surface area contributed by atoms with Crippen LogP contribution in [0.4, 0.5) is 0 Å². The second-order valence-corrected chi connectivity index (χ2v) is 7.62. The largest absolute Gasteiger partial charge is 0.392 e. The molecule has 110 valence electrons. The molecule has 0 radical (unpaired) electrons. The molecule has 4 nitrogen and oxygen atoms in total. The van der Waals surface area contributed by atoms with Gasteiger partial charge in [0.05, 0.1) is 6.61 Å². The second-order valence-electron chi connectivity index (χ2n) is 5.73. The number of hydrogen-bond donors (Lipinski definition) is 1. The normalized spacial score (nSPS) is 18.2. The Morgan fingerprint density at radius 2 is 2.05 bits per heavy atom. The van der Waals surface area contributed by atoms with Crippen LogP contribution >= 0.6 is 27.7 Å².